The molecule has 2 nitrogen and oxygen atoms in total. The van der Waals surface area contributed by atoms with Crippen LogP contribution in [0.15, 0.2) is 84.4 Å². The molecular formula is C23H23NO. The van der Waals surface area contributed by atoms with Crippen LogP contribution in [-0.4, -0.2) is 13.7 Å². The largest absolute Gasteiger partial charge is 0.495 e. The Labute approximate surface area is 149 Å². The molecule has 3 aromatic rings. The summed E-state index contributed by atoms with van der Waals surface area (Å²) < 4.78 is 5.50. The molecule has 0 fully saturated rings. The molecule has 0 amide bonds. The minimum Gasteiger partial charge on any atom is -0.495 e. The van der Waals surface area contributed by atoms with Crippen LogP contribution in [0.1, 0.15) is 12.5 Å². The number of hydrogen-bond acceptors (Lipinski definition) is 2. The van der Waals surface area contributed by atoms with Gasteiger partial charge in [0.25, 0.3) is 0 Å². The predicted octanol–water partition coefficient (Wildman–Crippen LogP) is 5.88. The zero-order valence-electron chi connectivity index (χ0n) is 14.7. The maximum atomic E-state index is 5.50. The van der Waals surface area contributed by atoms with Crippen molar-refractivity contribution in [3.05, 3.63) is 90.0 Å². The van der Waals surface area contributed by atoms with Gasteiger partial charge in [-0.2, -0.15) is 0 Å². The molecule has 1 N–H and O–H groups in total. The Balaban J connectivity index is 1.78. The number of hydrogen-bond donors (Lipinski definition) is 1. The van der Waals surface area contributed by atoms with Crippen LogP contribution in [0.4, 0.5) is 5.69 Å². The van der Waals surface area contributed by atoms with Crippen molar-refractivity contribution < 1.29 is 4.74 Å². The number of methoxy groups -OCH3 is 1. The maximum absolute atomic E-state index is 5.50. The summed E-state index contributed by atoms with van der Waals surface area (Å²) in [6.07, 6.45) is 2.19. The molecule has 0 unspecified atom stereocenters. The molecular weight excluding hydrogens is 306 g/mol. The van der Waals surface area contributed by atoms with Gasteiger partial charge < -0.3 is 10.1 Å². The number of nitrogens with one attached hydrogen (secondary N) is 1. The number of benzene rings is 3. The number of anilines is 1. The van der Waals surface area contributed by atoms with Gasteiger partial charge in [-0.05, 0) is 35.7 Å². The molecule has 0 saturated carbocycles. The zero-order chi connectivity index (χ0) is 17.5. The molecule has 25 heavy (non-hydrogen) atoms. The first-order valence-electron chi connectivity index (χ1n) is 8.46. The minimum atomic E-state index is 0.767. The van der Waals surface area contributed by atoms with E-state index < -0.39 is 0 Å². The molecule has 3 aromatic carbocycles. The Morgan fingerprint density at radius 1 is 0.880 bits per heavy atom. The van der Waals surface area contributed by atoms with E-state index in [1.54, 1.807) is 7.11 Å². The molecule has 2 heteroatoms. The summed E-state index contributed by atoms with van der Waals surface area (Å²) in [6.45, 7) is 2.90. The maximum Gasteiger partial charge on any atom is 0.141 e. The highest BCUT2D eigenvalue weighted by atomic mass is 16.5. The van der Waals surface area contributed by atoms with E-state index in [4.69, 9.17) is 4.74 Å². The minimum absolute atomic E-state index is 0.767. The normalized spacial score (nSPS) is 11.2. The van der Waals surface area contributed by atoms with Gasteiger partial charge in [0, 0.05) is 6.54 Å². The lowest BCUT2D eigenvalue weighted by atomic mass is 10.0. The summed E-state index contributed by atoms with van der Waals surface area (Å²) in [6, 6.07) is 27.0. The molecule has 0 saturated heterocycles. The SMILES string of the molecule is COc1ccc(-c2ccccc2)cc1NC/C(C)=C/c1ccccc1. The van der Waals surface area contributed by atoms with Crippen LogP contribution in [0.5, 0.6) is 5.75 Å². The summed E-state index contributed by atoms with van der Waals surface area (Å²) in [5.74, 6) is 0.854. The first kappa shape index (κ1) is 16.8. The fraction of sp³-hybridized carbons (Fsp3) is 0.130. The van der Waals surface area contributed by atoms with Gasteiger partial charge in [-0.25, -0.2) is 0 Å². The lowest BCUT2D eigenvalue weighted by Crippen LogP contribution is -2.04. The molecule has 0 radical (unpaired) electrons. The molecule has 0 aromatic heterocycles. The van der Waals surface area contributed by atoms with Crippen LogP contribution in [0.25, 0.3) is 17.2 Å². The molecule has 3 rings (SSSR count). The topological polar surface area (TPSA) is 21.3 Å². The van der Waals surface area contributed by atoms with Crippen molar-refractivity contribution in [2.24, 2.45) is 0 Å². The number of rotatable bonds is 6. The van der Waals surface area contributed by atoms with Gasteiger partial charge in [0.05, 0.1) is 12.8 Å². The zero-order valence-corrected chi connectivity index (χ0v) is 14.7. The molecule has 0 spiro atoms. The van der Waals surface area contributed by atoms with E-state index in [-0.39, 0.29) is 0 Å². The molecule has 0 heterocycles. The van der Waals surface area contributed by atoms with Crippen LogP contribution in [0.3, 0.4) is 0 Å². The van der Waals surface area contributed by atoms with Crippen molar-refractivity contribution in [2.75, 3.05) is 19.0 Å². The summed E-state index contributed by atoms with van der Waals surface area (Å²) in [5, 5.41) is 3.50. The van der Waals surface area contributed by atoms with E-state index >= 15 is 0 Å². The first-order chi connectivity index (χ1) is 12.3. The summed E-state index contributed by atoms with van der Waals surface area (Å²) in [5.41, 5.74) is 5.85. The van der Waals surface area contributed by atoms with E-state index in [0.717, 1.165) is 18.0 Å². The summed E-state index contributed by atoms with van der Waals surface area (Å²) in [7, 11) is 1.70. The molecule has 126 valence electrons. The molecule has 0 atom stereocenters. The van der Waals surface area contributed by atoms with Crippen LogP contribution in [0.2, 0.25) is 0 Å². The van der Waals surface area contributed by atoms with E-state index in [1.165, 1.54) is 22.3 Å². The van der Waals surface area contributed by atoms with E-state index in [1.807, 2.05) is 18.2 Å². The highest BCUT2D eigenvalue weighted by Crippen LogP contribution is 2.30. The van der Waals surface area contributed by atoms with Gasteiger partial charge in [-0.1, -0.05) is 78.4 Å². The predicted molar refractivity (Wildman–Crippen MR) is 107 cm³/mol. The van der Waals surface area contributed by atoms with Gasteiger partial charge >= 0.3 is 0 Å². The first-order valence-corrected chi connectivity index (χ1v) is 8.46. The van der Waals surface area contributed by atoms with E-state index in [0.29, 0.717) is 0 Å². The van der Waals surface area contributed by atoms with Gasteiger partial charge in [0.1, 0.15) is 5.75 Å². The number of ether oxygens (including phenoxy) is 1. The van der Waals surface area contributed by atoms with Crippen molar-refractivity contribution in [3.8, 4) is 16.9 Å². The Kier molecular flexibility index (Phi) is 5.53. The van der Waals surface area contributed by atoms with Crippen LogP contribution in [0, 0.1) is 0 Å². The van der Waals surface area contributed by atoms with E-state index in [9.17, 15) is 0 Å². The Hall–Kier alpha value is -3.00. The van der Waals surface area contributed by atoms with Crippen molar-refractivity contribution in [3.63, 3.8) is 0 Å². The fourth-order valence-electron chi connectivity index (χ4n) is 2.78. The van der Waals surface area contributed by atoms with Crippen molar-refractivity contribution in [2.45, 2.75) is 6.92 Å². The quantitative estimate of drug-likeness (QED) is 0.610. The summed E-state index contributed by atoms with van der Waals surface area (Å²) >= 11 is 0. The third kappa shape index (κ3) is 4.51. The third-order valence-electron chi connectivity index (χ3n) is 4.08. The summed E-state index contributed by atoms with van der Waals surface area (Å²) in [4.78, 5) is 0. The van der Waals surface area contributed by atoms with Crippen LogP contribution < -0.4 is 10.1 Å². The second-order valence-corrected chi connectivity index (χ2v) is 6.04. The third-order valence-corrected chi connectivity index (χ3v) is 4.08. The molecule has 0 aliphatic rings. The van der Waals surface area contributed by atoms with Gasteiger partial charge in [-0.3, -0.25) is 0 Å². The van der Waals surface area contributed by atoms with Gasteiger partial charge in [0.2, 0.25) is 0 Å². The lowest BCUT2D eigenvalue weighted by Gasteiger charge is -2.13. The van der Waals surface area contributed by atoms with Gasteiger partial charge in [0.15, 0.2) is 0 Å². The average Bonchev–Trinajstić information content (AvgIpc) is 2.67. The smallest absolute Gasteiger partial charge is 0.141 e. The van der Waals surface area contributed by atoms with Crippen molar-refractivity contribution >= 4 is 11.8 Å². The van der Waals surface area contributed by atoms with Crippen LogP contribution >= 0.6 is 0 Å². The highest BCUT2D eigenvalue weighted by Gasteiger charge is 2.06. The molecule has 0 aliphatic heterocycles. The van der Waals surface area contributed by atoms with Gasteiger partial charge in [-0.15, -0.1) is 0 Å². The monoisotopic (exact) mass is 329 g/mol. The molecule has 0 bridgehead atoms. The second-order valence-electron chi connectivity index (χ2n) is 6.04. The Morgan fingerprint density at radius 3 is 2.24 bits per heavy atom. The standard InChI is InChI=1S/C23H23NO/c1-18(15-19-9-5-3-6-10-19)17-24-22-16-21(13-14-23(22)25-2)20-11-7-4-8-12-20/h3-16,24H,17H2,1-2H3/b18-15+. The highest BCUT2D eigenvalue weighted by molar-refractivity contribution is 5.72. The lowest BCUT2D eigenvalue weighted by molar-refractivity contribution is 0.416. The van der Waals surface area contributed by atoms with Crippen LogP contribution in [-0.2, 0) is 0 Å². The second kappa shape index (κ2) is 8.20. The molecule has 0 aliphatic carbocycles. The van der Waals surface area contributed by atoms with Crippen molar-refractivity contribution in [1.29, 1.82) is 0 Å². The Morgan fingerprint density at radius 2 is 1.56 bits per heavy atom. The fourth-order valence-corrected chi connectivity index (χ4v) is 2.78. The Bertz CT molecular complexity index is 838. The van der Waals surface area contributed by atoms with Crippen molar-refractivity contribution in [1.82, 2.24) is 0 Å². The average molecular weight is 329 g/mol. The van der Waals surface area contributed by atoms with E-state index in [2.05, 4.69) is 79.0 Å².